The Morgan fingerprint density at radius 1 is 1.57 bits per heavy atom. The second-order valence-corrected chi connectivity index (χ2v) is 3.31. The SMILES string of the molecule is Cc1nn(C)cc1Cn1cc[nH]c1=O. The van der Waals surface area contributed by atoms with Gasteiger partial charge in [0.05, 0.1) is 12.2 Å². The number of aromatic nitrogens is 4. The molecule has 2 heterocycles. The van der Waals surface area contributed by atoms with E-state index in [0.717, 1.165) is 11.3 Å². The molecule has 0 aliphatic carbocycles. The Labute approximate surface area is 81.0 Å². The van der Waals surface area contributed by atoms with Gasteiger partial charge in [0.2, 0.25) is 0 Å². The first-order valence-electron chi connectivity index (χ1n) is 4.40. The first-order chi connectivity index (χ1) is 6.66. The van der Waals surface area contributed by atoms with Gasteiger partial charge in [0.1, 0.15) is 0 Å². The molecule has 0 saturated carbocycles. The third kappa shape index (κ3) is 1.48. The molecule has 0 bridgehead atoms. The predicted molar refractivity (Wildman–Crippen MR) is 52.1 cm³/mol. The number of nitrogens with one attached hydrogen (secondary N) is 1. The van der Waals surface area contributed by atoms with Crippen molar-refractivity contribution in [2.75, 3.05) is 0 Å². The predicted octanol–water partition coefficient (Wildman–Crippen LogP) is 0.267. The monoisotopic (exact) mass is 192 g/mol. The van der Waals surface area contributed by atoms with Crippen LogP contribution in [0.1, 0.15) is 11.3 Å². The quantitative estimate of drug-likeness (QED) is 0.742. The third-order valence-electron chi connectivity index (χ3n) is 2.18. The molecule has 0 aromatic carbocycles. The summed E-state index contributed by atoms with van der Waals surface area (Å²) >= 11 is 0. The molecule has 1 N–H and O–H groups in total. The molecular formula is C9H12N4O. The van der Waals surface area contributed by atoms with Crippen LogP contribution in [0.5, 0.6) is 0 Å². The van der Waals surface area contributed by atoms with E-state index in [4.69, 9.17) is 0 Å². The maximum atomic E-state index is 11.2. The molecule has 0 aliphatic rings. The summed E-state index contributed by atoms with van der Waals surface area (Å²) in [7, 11) is 1.87. The lowest BCUT2D eigenvalue weighted by molar-refractivity contribution is 0.750. The van der Waals surface area contributed by atoms with Crippen molar-refractivity contribution in [3.05, 3.63) is 40.3 Å². The summed E-state index contributed by atoms with van der Waals surface area (Å²) in [5, 5.41) is 4.21. The van der Waals surface area contributed by atoms with Crippen LogP contribution in [0.4, 0.5) is 0 Å². The second-order valence-electron chi connectivity index (χ2n) is 3.31. The van der Waals surface area contributed by atoms with Crippen molar-refractivity contribution < 1.29 is 0 Å². The van der Waals surface area contributed by atoms with E-state index in [0.29, 0.717) is 6.54 Å². The molecular weight excluding hydrogens is 180 g/mol. The van der Waals surface area contributed by atoms with Gasteiger partial charge < -0.3 is 4.98 Å². The van der Waals surface area contributed by atoms with Gasteiger partial charge in [0, 0.05) is 31.2 Å². The molecule has 0 saturated heterocycles. The van der Waals surface area contributed by atoms with Gasteiger partial charge in [0.15, 0.2) is 0 Å². The minimum Gasteiger partial charge on any atom is -0.313 e. The zero-order chi connectivity index (χ0) is 10.1. The number of rotatable bonds is 2. The highest BCUT2D eigenvalue weighted by Gasteiger charge is 2.04. The minimum absolute atomic E-state index is 0.0896. The van der Waals surface area contributed by atoms with E-state index < -0.39 is 0 Å². The number of aromatic amines is 1. The molecule has 0 radical (unpaired) electrons. The lowest BCUT2D eigenvalue weighted by Crippen LogP contribution is -2.16. The Morgan fingerprint density at radius 2 is 2.36 bits per heavy atom. The topological polar surface area (TPSA) is 55.6 Å². The first kappa shape index (κ1) is 8.80. The summed E-state index contributed by atoms with van der Waals surface area (Å²) < 4.78 is 3.37. The van der Waals surface area contributed by atoms with Gasteiger partial charge in [0.25, 0.3) is 0 Å². The molecule has 0 fully saturated rings. The fraction of sp³-hybridized carbons (Fsp3) is 0.333. The maximum Gasteiger partial charge on any atom is 0.325 e. The molecule has 0 amide bonds. The summed E-state index contributed by atoms with van der Waals surface area (Å²) in [6, 6.07) is 0. The summed E-state index contributed by atoms with van der Waals surface area (Å²) in [5.41, 5.74) is 1.93. The molecule has 2 rings (SSSR count). The molecule has 74 valence electrons. The first-order valence-corrected chi connectivity index (χ1v) is 4.40. The van der Waals surface area contributed by atoms with Gasteiger partial charge >= 0.3 is 5.69 Å². The van der Waals surface area contributed by atoms with Crippen molar-refractivity contribution in [2.24, 2.45) is 7.05 Å². The van der Waals surface area contributed by atoms with Gasteiger partial charge in [-0.15, -0.1) is 0 Å². The van der Waals surface area contributed by atoms with Crippen molar-refractivity contribution in [3.63, 3.8) is 0 Å². The average Bonchev–Trinajstić information content (AvgIpc) is 2.62. The average molecular weight is 192 g/mol. The number of H-pyrrole nitrogens is 1. The lowest BCUT2D eigenvalue weighted by atomic mass is 10.2. The van der Waals surface area contributed by atoms with Crippen LogP contribution in [0.25, 0.3) is 0 Å². The van der Waals surface area contributed by atoms with E-state index in [1.165, 1.54) is 0 Å². The van der Waals surface area contributed by atoms with E-state index in [1.807, 2.05) is 20.2 Å². The van der Waals surface area contributed by atoms with Crippen molar-refractivity contribution >= 4 is 0 Å². The molecule has 5 heteroatoms. The molecule has 0 atom stereocenters. The molecule has 2 aromatic rings. The number of aryl methyl sites for hydroxylation is 2. The fourth-order valence-corrected chi connectivity index (χ4v) is 1.46. The minimum atomic E-state index is -0.0896. The Morgan fingerprint density at radius 3 is 2.86 bits per heavy atom. The van der Waals surface area contributed by atoms with Gasteiger partial charge in [-0.2, -0.15) is 5.10 Å². The standard InChI is InChI=1S/C9H12N4O/c1-7-8(5-12(2)11-7)6-13-4-3-10-9(13)14/h3-5H,6H2,1-2H3,(H,10,14). The highest BCUT2D eigenvalue weighted by Crippen LogP contribution is 2.05. The number of hydrogen-bond donors (Lipinski definition) is 1. The van der Waals surface area contributed by atoms with Crippen molar-refractivity contribution in [2.45, 2.75) is 13.5 Å². The molecule has 14 heavy (non-hydrogen) atoms. The van der Waals surface area contributed by atoms with E-state index in [9.17, 15) is 4.79 Å². The van der Waals surface area contributed by atoms with E-state index in [1.54, 1.807) is 21.6 Å². The van der Waals surface area contributed by atoms with Gasteiger partial charge in [-0.25, -0.2) is 4.79 Å². The highest BCUT2D eigenvalue weighted by molar-refractivity contribution is 5.15. The number of nitrogens with zero attached hydrogens (tertiary/aromatic N) is 3. The molecule has 0 unspecified atom stereocenters. The Balaban J connectivity index is 2.31. The van der Waals surface area contributed by atoms with Crippen LogP contribution in [0.2, 0.25) is 0 Å². The molecule has 0 spiro atoms. The lowest BCUT2D eigenvalue weighted by Gasteiger charge is -1.97. The fourth-order valence-electron chi connectivity index (χ4n) is 1.46. The third-order valence-corrected chi connectivity index (χ3v) is 2.18. The molecule has 0 aliphatic heterocycles. The van der Waals surface area contributed by atoms with Crippen molar-refractivity contribution in [1.29, 1.82) is 0 Å². The zero-order valence-corrected chi connectivity index (χ0v) is 8.19. The Bertz CT molecular complexity index is 491. The van der Waals surface area contributed by atoms with Crippen molar-refractivity contribution in [3.8, 4) is 0 Å². The van der Waals surface area contributed by atoms with Crippen LogP contribution >= 0.6 is 0 Å². The maximum absolute atomic E-state index is 11.2. The smallest absolute Gasteiger partial charge is 0.313 e. The number of imidazole rings is 1. The van der Waals surface area contributed by atoms with Crippen LogP contribution in [0.15, 0.2) is 23.4 Å². The summed E-state index contributed by atoms with van der Waals surface area (Å²) in [6.07, 6.45) is 5.29. The Hall–Kier alpha value is -1.78. The van der Waals surface area contributed by atoms with E-state index in [2.05, 4.69) is 10.1 Å². The van der Waals surface area contributed by atoms with Crippen LogP contribution in [-0.4, -0.2) is 19.3 Å². The van der Waals surface area contributed by atoms with Crippen LogP contribution in [0, 0.1) is 6.92 Å². The largest absolute Gasteiger partial charge is 0.325 e. The highest BCUT2D eigenvalue weighted by atomic mass is 16.1. The van der Waals surface area contributed by atoms with E-state index >= 15 is 0 Å². The summed E-state index contributed by atoms with van der Waals surface area (Å²) in [6.45, 7) is 2.51. The van der Waals surface area contributed by atoms with Crippen LogP contribution in [-0.2, 0) is 13.6 Å². The summed E-state index contributed by atoms with van der Waals surface area (Å²) in [5.74, 6) is 0. The molecule has 5 nitrogen and oxygen atoms in total. The Kier molecular flexibility index (Phi) is 1.99. The van der Waals surface area contributed by atoms with Gasteiger partial charge in [-0.3, -0.25) is 9.25 Å². The van der Waals surface area contributed by atoms with Crippen molar-refractivity contribution in [1.82, 2.24) is 19.3 Å². The van der Waals surface area contributed by atoms with Crippen LogP contribution in [0.3, 0.4) is 0 Å². The zero-order valence-electron chi connectivity index (χ0n) is 8.19. The number of hydrogen-bond acceptors (Lipinski definition) is 2. The normalized spacial score (nSPS) is 10.7. The second kappa shape index (κ2) is 3.17. The summed E-state index contributed by atoms with van der Waals surface area (Å²) in [4.78, 5) is 13.8. The van der Waals surface area contributed by atoms with Crippen LogP contribution < -0.4 is 5.69 Å². The molecule has 2 aromatic heterocycles. The van der Waals surface area contributed by atoms with Gasteiger partial charge in [-0.05, 0) is 6.92 Å². The van der Waals surface area contributed by atoms with Gasteiger partial charge in [-0.1, -0.05) is 0 Å². The van der Waals surface area contributed by atoms with E-state index in [-0.39, 0.29) is 5.69 Å².